The molecule has 1 atom stereocenters. The Morgan fingerprint density at radius 3 is 3.00 bits per heavy atom. The molecule has 1 N–H and O–H groups in total. The van der Waals surface area contributed by atoms with Gasteiger partial charge in [-0.2, -0.15) is 0 Å². The molecule has 4 rings (SSSR count). The quantitative estimate of drug-likeness (QED) is 0.801. The van der Waals surface area contributed by atoms with E-state index in [0.29, 0.717) is 6.04 Å². The van der Waals surface area contributed by atoms with Gasteiger partial charge in [-0.05, 0) is 32.4 Å². The van der Waals surface area contributed by atoms with Crippen LogP contribution < -0.4 is 5.32 Å². The van der Waals surface area contributed by atoms with Gasteiger partial charge < -0.3 is 14.5 Å². The van der Waals surface area contributed by atoms with Crippen molar-refractivity contribution in [1.82, 2.24) is 29.6 Å². The highest BCUT2D eigenvalue weighted by Gasteiger charge is 2.21. The molecule has 0 aliphatic carbocycles. The first kappa shape index (κ1) is 14.4. The molecular weight excluding hydrogens is 288 g/mol. The van der Waals surface area contributed by atoms with E-state index in [0.717, 1.165) is 55.5 Å². The molecule has 23 heavy (non-hydrogen) atoms. The minimum absolute atomic E-state index is 0.447. The van der Waals surface area contributed by atoms with Crippen LogP contribution in [0.15, 0.2) is 24.3 Å². The second kappa shape index (κ2) is 5.77. The fraction of sp³-hybridized carbons (Fsp3) is 0.471. The van der Waals surface area contributed by atoms with Gasteiger partial charge in [-0.1, -0.05) is 12.1 Å². The molecule has 0 radical (unpaired) electrons. The molecule has 0 saturated carbocycles. The van der Waals surface area contributed by atoms with Crippen LogP contribution in [-0.2, 0) is 26.1 Å². The Hall–Kier alpha value is -2.21. The lowest BCUT2D eigenvalue weighted by atomic mass is 10.1. The zero-order chi connectivity index (χ0) is 15.8. The summed E-state index contributed by atoms with van der Waals surface area (Å²) in [5, 5.41) is 12.1. The molecule has 6 heteroatoms. The van der Waals surface area contributed by atoms with E-state index in [-0.39, 0.29) is 0 Å². The van der Waals surface area contributed by atoms with Crippen LogP contribution in [0, 0.1) is 6.92 Å². The maximum Gasteiger partial charge on any atom is 0.133 e. The Morgan fingerprint density at radius 1 is 1.26 bits per heavy atom. The minimum atomic E-state index is 0.447. The molecule has 6 nitrogen and oxygen atoms in total. The number of nitrogens with one attached hydrogen (secondary N) is 1. The van der Waals surface area contributed by atoms with Gasteiger partial charge in [0.25, 0.3) is 0 Å². The summed E-state index contributed by atoms with van der Waals surface area (Å²) in [7, 11) is 0. The molecule has 0 amide bonds. The van der Waals surface area contributed by atoms with Gasteiger partial charge in [-0.3, -0.25) is 0 Å². The van der Waals surface area contributed by atoms with Crippen LogP contribution in [0.2, 0.25) is 0 Å². The van der Waals surface area contributed by atoms with E-state index in [4.69, 9.17) is 4.98 Å². The maximum atomic E-state index is 4.79. The van der Waals surface area contributed by atoms with Crippen molar-refractivity contribution in [1.29, 1.82) is 0 Å². The van der Waals surface area contributed by atoms with Crippen molar-refractivity contribution >= 4 is 11.0 Å². The van der Waals surface area contributed by atoms with E-state index >= 15 is 0 Å². The lowest BCUT2D eigenvalue weighted by Crippen LogP contribution is -2.37. The number of fused-ring (bicyclic) bond motifs is 2. The standard InChI is InChI=1S/C17H22N6/c1-3-22-15-7-5-4-6-14(15)19-17(22)10-18-13-8-9-16-21-20-12(2)23(16)11-13/h4-7,13,18H,3,8-11H2,1-2H3/t13-/m1/s1. The Bertz CT molecular complexity index is 831. The molecule has 0 unspecified atom stereocenters. The summed E-state index contributed by atoms with van der Waals surface area (Å²) in [6.45, 7) is 6.88. The highest BCUT2D eigenvalue weighted by molar-refractivity contribution is 5.75. The SMILES string of the molecule is CCn1c(CN[C@@H]2CCc3nnc(C)n3C2)nc2ccccc21. The first-order chi connectivity index (χ1) is 11.3. The number of imidazole rings is 1. The van der Waals surface area contributed by atoms with Gasteiger partial charge in [0.05, 0.1) is 17.6 Å². The van der Waals surface area contributed by atoms with Crippen LogP contribution in [0.1, 0.15) is 30.8 Å². The predicted molar refractivity (Wildman–Crippen MR) is 89.1 cm³/mol. The van der Waals surface area contributed by atoms with Gasteiger partial charge in [-0.25, -0.2) is 4.98 Å². The largest absolute Gasteiger partial charge is 0.327 e. The second-order valence-electron chi connectivity index (χ2n) is 6.15. The van der Waals surface area contributed by atoms with E-state index in [9.17, 15) is 0 Å². The lowest BCUT2D eigenvalue weighted by Gasteiger charge is -2.25. The first-order valence-corrected chi connectivity index (χ1v) is 8.32. The molecular formula is C17H22N6. The Morgan fingerprint density at radius 2 is 2.13 bits per heavy atom. The molecule has 0 fully saturated rings. The monoisotopic (exact) mass is 310 g/mol. The van der Waals surface area contributed by atoms with Crippen LogP contribution >= 0.6 is 0 Å². The Balaban J connectivity index is 1.51. The highest BCUT2D eigenvalue weighted by atomic mass is 15.3. The predicted octanol–water partition coefficient (Wildman–Crippen LogP) is 2.06. The molecule has 120 valence electrons. The number of para-hydroxylation sites is 2. The number of aromatic nitrogens is 5. The number of rotatable bonds is 4. The summed E-state index contributed by atoms with van der Waals surface area (Å²) in [5.41, 5.74) is 2.29. The average molecular weight is 310 g/mol. The number of nitrogens with zero attached hydrogens (tertiary/aromatic N) is 5. The smallest absolute Gasteiger partial charge is 0.133 e. The van der Waals surface area contributed by atoms with Gasteiger partial charge >= 0.3 is 0 Å². The van der Waals surface area contributed by atoms with Crippen LogP contribution in [-0.4, -0.2) is 30.4 Å². The van der Waals surface area contributed by atoms with Gasteiger partial charge in [0, 0.05) is 25.6 Å². The van der Waals surface area contributed by atoms with Crippen molar-refractivity contribution in [2.75, 3.05) is 0 Å². The van der Waals surface area contributed by atoms with Crippen molar-refractivity contribution in [3.05, 3.63) is 41.7 Å². The van der Waals surface area contributed by atoms with Gasteiger partial charge in [-0.15, -0.1) is 10.2 Å². The van der Waals surface area contributed by atoms with E-state index in [1.54, 1.807) is 0 Å². The summed E-state index contributed by atoms with van der Waals surface area (Å²) in [4.78, 5) is 4.79. The third-order valence-corrected chi connectivity index (χ3v) is 4.73. The van der Waals surface area contributed by atoms with Gasteiger partial charge in [0.15, 0.2) is 0 Å². The Labute approximate surface area is 135 Å². The summed E-state index contributed by atoms with van der Waals surface area (Å²) < 4.78 is 4.52. The topological polar surface area (TPSA) is 60.6 Å². The van der Waals surface area contributed by atoms with Crippen molar-refractivity contribution < 1.29 is 0 Å². The van der Waals surface area contributed by atoms with Crippen LogP contribution in [0.3, 0.4) is 0 Å². The molecule has 2 aromatic heterocycles. The lowest BCUT2D eigenvalue weighted by molar-refractivity contribution is 0.370. The number of hydrogen-bond acceptors (Lipinski definition) is 4. The van der Waals surface area contributed by atoms with E-state index in [2.05, 4.69) is 49.8 Å². The zero-order valence-electron chi connectivity index (χ0n) is 13.7. The van der Waals surface area contributed by atoms with Crippen LogP contribution in [0.4, 0.5) is 0 Å². The molecule has 1 aromatic carbocycles. The highest BCUT2D eigenvalue weighted by Crippen LogP contribution is 2.18. The zero-order valence-corrected chi connectivity index (χ0v) is 13.7. The van der Waals surface area contributed by atoms with Gasteiger partial charge in [0.1, 0.15) is 17.5 Å². The third kappa shape index (κ3) is 2.53. The normalized spacial score (nSPS) is 17.6. The van der Waals surface area contributed by atoms with Crippen molar-refractivity contribution in [3.8, 4) is 0 Å². The van der Waals surface area contributed by atoms with Crippen molar-refractivity contribution in [2.24, 2.45) is 0 Å². The van der Waals surface area contributed by atoms with Crippen molar-refractivity contribution in [3.63, 3.8) is 0 Å². The Kier molecular flexibility index (Phi) is 3.61. The summed E-state index contributed by atoms with van der Waals surface area (Å²) in [6.07, 6.45) is 2.09. The van der Waals surface area contributed by atoms with Crippen LogP contribution in [0.25, 0.3) is 11.0 Å². The fourth-order valence-corrected chi connectivity index (χ4v) is 3.48. The van der Waals surface area contributed by atoms with Crippen LogP contribution in [0.5, 0.6) is 0 Å². The van der Waals surface area contributed by atoms with Gasteiger partial charge in [0.2, 0.25) is 0 Å². The van der Waals surface area contributed by atoms with Crippen molar-refractivity contribution in [2.45, 2.75) is 52.4 Å². The van der Waals surface area contributed by atoms with E-state index in [1.165, 1.54) is 5.52 Å². The maximum absolute atomic E-state index is 4.79. The molecule has 3 aromatic rings. The average Bonchev–Trinajstić information content (AvgIpc) is 3.13. The third-order valence-electron chi connectivity index (χ3n) is 4.73. The summed E-state index contributed by atoms with van der Waals surface area (Å²) in [5.74, 6) is 3.23. The molecule has 3 heterocycles. The summed E-state index contributed by atoms with van der Waals surface area (Å²) in [6, 6.07) is 8.79. The summed E-state index contributed by atoms with van der Waals surface area (Å²) >= 11 is 0. The molecule has 0 bridgehead atoms. The first-order valence-electron chi connectivity index (χ1n) is 8.32. The number of aryl methyl sites for hydroxylation is 3. The second-order valence-corrected chi connectivity index (χ2v) is 6.15. The number of benzene rings is 1. The minimum Gasteiger partial charge on any atom is -0.327 e. The molecule has 0 saturated heterocycles. The molecule has 1 aliphatic rings. The molecule has 1 aliphatic heterocycles. The molecule has 0 spiro atoms. The number of hydrogen-bond donors (Lipinski definition) is 1. The van der Waals surface area contributed by atoms with E-state index in [1.807, 2.05) is 13.0 Å². The fourth-order valence-electron chi connectivity index (χ4n) is 3.48. The van der Waals surface area contributed by atoms with E-state index < -0.39 is 0 Å².